The van der Waals surface area contributed by atoms with Crippen LogP contribution in [0.1, 0.15) is 11.1 Å². The van der Waals surface area contributed by atoms with Crippen molar-refractivity contribution in [3.05, 3.63) is 90.0 Å². The first-order valence-electron chi connectivity index (χ1n) is 8.07. The highest BCUT2D eigenvalue weighted by molar-refractivity contribution is 7.97. The lowest BCUT2D eigenvalue weighted by Crippen LogP contribution is -2.34. The maximum atomic E-state index is 13.2. The fraction of sp³-hybridized carbons (Fsp3) is 0.200. The van der Waals surface area contributed by atoms with Crippen LogP contribution in [0.3, 0.4) is 0 Å². The molecule has 5 rings (SSSR count). The van der Waals surface area contributed by atoms with Crippen molar-refractivity contribution < 1.29 is 8.42 Å². The lowest BCUT2D eigenvalue weighted by molar-refractivity contribution is 0.531. The van der Waals surface area contributed by atoms with E-state index >= 15 is 0 Å². The molecule has 3 heterocycles. The number of allylic oxidation sites excluding steroid dienone is 1. The summed E-state index contributed by atoms with van der Waals surface area (Å²) in [6.07, 6.45) is 6.26. The van der Waals surface area contributed by atoms with E-state index in [2.05, 4.69) is 12.2 Å². The maximum Gasteiger partial charge on any atom is 0.0968 e. The highest BCUT2D eigenvalue weighted by atomic mass is 32.2. The molecule has 0 saturated carbocycles. The van der Waals surface area contributed by atoms with Gasteiger partial charge < -0.3 is 0 Å². The second-order valence-electron chi connectivity index (χ2n) is 6.47. The standard InChI is InChI=1S/C20H16O2S2/c21-23-18(14-7-3-1-4-8-14)13-16-19(23)17-11-12-20(16,24(17)22)15-9-5-2-6-10-15/h1-13,16-17,19H/t16-,17+,19+,20+,23+,24?/m0/s1. The fourth-order valence-corrected chi connectivity index (χ4v) is 8.97. The molecule has 2 aromatic carbocycles. The Balaban J connectivity index is 1.69. The first-order valence-corrected chi connectivity index (χ1v) is 10.5. The quantitative estimate of drug-likeness (QED) is 0.777. The number of fused-ring (bicyclic) bond motifs is 5. The van der Waals surface area contributed by atoms with Crippen molar-refractivity contribution in [1.29, 1.82) is 0 Å². The maximum absolute atomic E-state index is 13.2. The average Bonchev–Trinajstić information content (AvgIpc) is 3.23. The van der Waals surface area contributed by atoms with E-state index < -0.39 is 26.3 Å². The van der Waals surface area contributed by atoms with E-state index in [1.165, 1.54) is 0 Å². The van der Waals surface area contributed by atoms with E-state index in [-0.39, 0.29) is 16.4 Å². The van der Waals surface area contributed by atoms with Crippen LogP contribution < -0.4 is 0 Å². The van der Waals surface area contributed by atoms with Gasteiger partial charge in [0.2, 0.25) is 0 Å². The van der Waals surface area contributed by atoms with Crippen LogP contribution in [0.15, 0.2) is 78.9 Å². The van der Waals surface area contributed by atoms with E-state index in [4.69, 9.17) is 0 Å². The summed E-state index contributed by atoms with van der Waals surface area (Å²) in [4.78, 5) is 0.899. The van der Waals surface area contributed by atoms with Crippen LogP contribution in [0.25, 0.3) is 4.91 Å². The van der Waals surface area contributed by atoms with Gasteiger partial charge in [-0.05, 0) is 11.1 Å². The average molecular weight is 352 g/mol. The normalized spacial score (nSPS) is 39.0. The molecule has 0 aromatic heterocycles. The van der Waals surface area contributed by atoms with Crippen LogP contribution in [0.2, 0.25) is 0 Å². The Morgan fingerprint density at radius 1 is 0.875 bits per heavy atom. The molecule has 0 aliphatic carbocycles. The molecule has 2 nitrogen and oxygen atoms in total. The van der Waals surface area contributed by atoms with Gasteiger partial charge in [0.1, 0.15) is 0 Å². The predicted octanol–water partition coefficient (Wildman–Crippen LogP) is 3.37. The highest BCUT2D eigenvalue weighted by Gasteiger charge is 2.65. The van der Waals surface area contributed by atoms with Crippen LogP contribution in [-0.4, -0.2) is 18.9 Å². The molecule has 0 spiro atoms. The second kappa shape index (κ2) is 5.11. The van der Waals surface area contributed by atoms with Gasteiger partial charge in [0, 0.05) is 21.6 Å². The Kier molecular flexibility index (Phi) is 3.10. The summed E-state index contributed by atoms with van der Waals surface area (Å²) in [6.45, 7) is 0. The molecule has 1 saturated heterocycles. The largest absolute Gasteiger partial charge is 0.258 e. The molecule has 0 amide bonds. The van der Waals surface area contributed by atoms with Crippen molar-refractivity contribution in [2.45, 2.75) is 15.2 Å². The minimum Gasteiger partial charge on any atom is -0.258 e. The monoisotopic (exact) mass is 352 g/mol. The van der Waals surface area contributed by atoms with Crippen molar-refractivity contribution in [2.75, 3.05) is 0 Å². The van der Waals surface area contributed by atoms with E-state index in [1.807, 2.05) is 66.7 Å². The molecule has 1 fully saturated rings. The summed E-state index contributed by atoms with van der Waals surface area (Å²) in [5.41, 5.74) is 2.08. The molecule has 3 aliphatic heterocycles. The molecule has 3 aliphatic rings. The van der Waals surface area contributed by atoms with Gasteiger partial charge in [0.15, 0.2) is 0 Å². The Morgan fingerprint density at radius 2 is 1.54 bits per heavy atom. The summed E-state index contributed by atoms with van der Waals surface area (Å²) in [5, 5.41) is -0.195. The predicted molar refractivity (Wildman–Crippen MR) is 99.0 cm³/mol. The molecular formula is C20H16O2S2. The van der Waals surface area contributed by atoms with E-state index in [0.717, 1.165) is 16.0 Å². The van der Waals surface area contributed by atoms with Crippen molar-refractivity contribution in [3.63, 3.8) is 0 Å². The third-order valence-corrected chi connectivity index (χ3v) is 9.68. The smallest absolute Gasteiger partial charge is 0.0968 e. The molecule has 2 aromatic rings. The third-order valence-electron chi connectivity index (χ3n) is 5.36. The molecule has 24 heavy (non-hydrogen) atoms. The van der Waals surface area contributed by atoms with Gasteiger partial charge >= 0.3 is 0 Å². The Bertz CT molecular complexity index is 917. The van der Waals surface area contributed by atoms with Crippen molar-refractivity contribution in [3.8, 4) is 0 Å². The molecular weight excluding hydrogens is 336 g/mol. The first kappa shape index (κ1) is 14.6. The Morgan fingerprint density at radius 3 is 2.25 bits per heavy atom. The molecule has 4 heteroatoms. The number of benzene rings is 2. The summed E-state index contributed by atoms with van der Waals surface area (Å²) in [5.74, 6) is 0.0340. The fourth-order valence-electron chi connectivity index (χ4n) is 4.29. The minimum absolute atomic E-state index is 0.0340. The van der Waals surface area contributed by atoms with Gasteiger partial charge in [0.25, 0.3) is 0 Å². The van der Waals surface area contributed by atoms with Gasteiger partial charge in [-0.2, -0.15) is 0 Å². The van der Waals surface area contributed by atoms with E-state index in [1.54, 1.807) is 0 Å². The van der Waals surface area contributed by atoms with Crippen molar-refractivity contribution >= 4 is 26.5 Å². The minimum atomic E-state index is -1.12. The second-order valence-corrected chi connectivity index (χ2v) is 9.86. The summed E-state index contributed by atoms with van der Waals surface area (Å²) in [6, 6.07) is 20.0. The van der Waals surface area contributed by atoms with E-state index in [0.29, 0.717) is 0 Å². The van der Waals surface area contributed by atoms with Gasteiger partial charge in [-0.3, -0.25) is 8.42 Å². The first-order chi connectivity index (χ1) is 11.7. The van der Waals surface area contributed by atoms with Crippen LogP contribution in [0.4, 0.5) is 0 Å². The molecule has 6 atom stereocenters. The van der Waals surface area contributed by atoms with Gasteiger partial charge in [0.05, 0.1) is 26.0 Å². The molecule has 1 unspecified atom stereocenters. The number of rotatable bonds is 2. The number of hydrogen-bond donors (Lipinski definition) is 0. The Hall–Kier alpha value is -1.78. The lowest BCUT2D eigenvalue weighted by Gasteiger charge is -2.29. The van der Waals surface area contributed by atoms with E-state index in [9.17, 15) is 8.42 Å². The zero-order valence-electron chi connectivity index (χ0n) is 12.9. The summed E-state index contributed by atoms with van der Waals surface area (Å²) in [7, 11) is -2.18. The number of hydrogen-bond acceptors (Lipinski definition) is 2. The topological polar surface area (TPSA) is 34.1 Å². The molecule has 0 N–H and O–H groups in total. The molecule has 0 radical (unpaired) electrons. The summed E-state index contributed by atoms with van der Waals surface area (Å²) >= 11 is 0. The lowest BCUT2D eigenvalue weighted by atomic mass is 9.79. The molecule has 120 valence electrons. The van der Waals surface area contributed by atoms with Gasteiger partial charge in [-0.15, -0.1) is 0 Å². The highest BCUT2D eigenvalue weighted by Crippen LogP contribution is 2.59. The van der Waals surface area contributed by atoms with Crippen molar-refractivity contribution in [1.82, 2.24) is 0 Å². The Labute approximate surface area is 146 Å². The zero-order valence-corrected chi connectivity index (χ0v) is 14.5. The zero-order chi connectivity index (χ0) is 16.3. The molecule has 2 bridgehead atoms. The van der Waals surface area contributed by atoms with Gasteiger partial charge in [-0.25, -0.2) is 0 Å². The van der Waals surface area contributed by atoms with Crippen molar-refractivity contribution in [2.24, 2.45) is 5.92 Å². The third kappa shape index (κ3) is 1.70. The van der Waals surface area contributed by atoms with Crippen LogP contribution in [0.5, 0.6) is 0 Å². The van der Waals surface area contributed by atoms with Crippen LogP contribution in [-0.2, 0) is 26.3 Å². The van der Waals surface area contributed by atoms with Crippen LogP contribution in [0, 0.1) is 5.92 Å². The SMILES string of the molecule is O=S1[C@@H]2C=C[C@@]1(c1ccccc1)[C@H]1C=C(c3ccccc3)[S@@](=O)[C@@H]21. The summed E-state index contributed by atoms with van der Waals surface area (Å²) < 4.78 is 25.8. The van der Waals surface area contributed by atoms with Gasteiger partial charge in [-0.1, -0.05) is 78.9 Å². The van der Waals surface area contributed by atoms with Crippen LogP contribution >= 0.6 is 0 Å².